The minimum atomic E-state index is -4.94. The van der Waals surface area contributed by atoms with Gasteiger partial charge < -0.3 is 0 Å². The molecule has 0 aliphatic carbocycles. The second-order valence-electron chi connectivity index (χ2n) is 7.65. The van der Waals surface area contributed by atoms with Crippen molar-refractivity contribution in [3.8, 4) is 22.4 Å². The first-order valence-electron chi connectivity index (χ1n) is 10.4. The molecule has 36 heavy (non-hydrogen) atoms. The highest BCUT2D eigenvalue weighted by Gasteiger charge is 2.41. The van der Waals surface area contributed by atoms with E-state index in [1.54, 1.807) is 30.3 Å². The van der Waals surface area contributed by atoms with E-state index in [-0.39, 0.29) is 21.7 Å². The molecule has 0 aliphatic heterocycles. The van der Waals surface area contributed by atoms with Crippen molar-refractivity contribution in [2.45, 2.75) is 18.0 Å². The van der Waals surface area contributed by atoms with E-state index in [2.05, 4.69) is 9.82 Å². The lowest BCUT2D eigenvalue weighted by Crippen LogP contribution is -2.27. The molecule has 0 radical (unpaired) electrons. The highest BCUT2D eigenvalue weighted by Crippen LogP contribution is 2.42. The number of halogens is 4. The number of alkyl halides is 3. The van der Waals surface area contributed by atoms with Gasteiger partial charge in [0.1, 0.15) is 11.5 Å². The van der Waals surface area contributed by atoms with Gasteiger partial charge in [0.15, 0.2) is 5.69 Å². The van der Waals surface area contributed by atoms with E-state index in [1.807, 2.05) is 5.43 Å². The van der Waals surface area contributed by atoms with Crippen molar-refractivity contribution in [1.82, 2.24) is 9.89 Å². The molecule has 12 heteroatoms. The molecule has 2 N–H and O–H groups in total. The number of hydrogen-bond acceptors (Lipinski definition) is 4. The Morgan fingerprint density at radius 3 is 2.03 bits per heavy atom. The Bertz CT molecular complexity index is 1500. The molecular formula is C24H18F4N4O3S. The van der Waals surface area contributed by atoms with Crippen molar-refractivity contribution >= 4 is 21.6 Å². The zero-order chi connectivity index (χ0) is 26.1. The largest absolute Gasteiger partial charge is 0.435 e. The van der Waals surface area contributed by atoms with Crippen LogP contribution in [-0.4, -0.2) is 24.2 Å². The van der Waals surface area contributed by atoms with Crippen LogP contribution in [0.1, 0.15) is 12.6 Å². The number of rotatable bonds is 6. The average Bonchev–Trinajstić information content (AvgIpc) is 3.19. The maximum Gasteiger partial charge on any atom is 0.435 e. The number of para-hydroxylation sites is 1. The van der Waals surface area contributed by atoms with Crippen molar-refractivity contribution in [2.24, 2.45) is 0 Å². The van der Waals surface area contributed by atoms with E-state index < -0.39 is 39.2 Å². The maximum absolute atomic E-state index is 14.1. The molecule has 0 saturated heterocycles. The lowest BCUT2D eigenvalue weighted by molar-refractivity contribution is -0.143. The average molecular weight is 518 g/mol. The first-order valence-corrected chi connectivity index (χ1v) is 11.9. The molecule has 0 atom stereocenters. The second-order valence-corrected chi connectivity index (χ2v) is 9.33. The molecule has 1 amide bonds. The summed E-state index contributed by atoms with van der Waals surface area (Å²) in [6.45, 7) is 1.03. The van der Waals surface area contributed by atoms with Crippen LogP contribution in [0.25, 0.3) is 22.4 Å². The number of aromatic nitrogens is 2. The summed E-state index contributed by atoms with van der Waals surface area (Å²) in [6, 6.07) is 17.5. The topological polar surface area (TPSA) is 93.1 Å². The number of carbonyl (C=O) groups excluding carboxylic acids is 1. The third-order valence-electron chi connectivity index (χ3n) is 5.01. The molecule has 0 aliphatic rings. The first-order chi connectivity index (χ1) is 17.0. The molecule has 4 aromatic rings. The van der Waals surface area contributed by atoms with Gasteiger partial charge in [0.05, 0.1) is 4.90 Å². The number of nitrogens with zero attached hydrogens (tertiary/aromatic N) is 2. The summed E-state index contributed by atoms with van der Waals surface area (Å²) in [7, 11) is -3.98. The Morgan fingerprint density at radius 2 is 1.47 bits per heavy atom. The summed E-state index contributed by atoms with van der Waals surface area (Å²) in [4.78, 5) is 11.8. The van der Waals surface area contributed by atoms with Gasteiger partial charge in [-0.1, -0.05) is 42.5 Å². The smallest absolute Gasteiger partial charge is 0.280 e. The number of amides is 1. The van der Waals surface area contributed by atoms with E-state index in [9.17, 15) is 30.8 Å². The molecule has 7 nitrogen and oxygen atoms in total. The van der Waals surface area contributed by atoms with Crippen LogP contribution in [0.3, 0.4) is 0 Å². The summed E-state index contributed by atoms with van der Waals surface area (Å²) in [5, 5.41) is 3.95. The minimum Gasteiger partial charge on any atom is -0.280 e. The zero-order valence-electron chi connectivity index (χ0n) is 18.5. The molecule has 4 rings (SSSR count). The van der Waals surface area contributed by atoms with Crippen molar-refractivity contribution in [2.75, 3.05) is 10.1 Å². The summed E-state index contributed by atoms with van der Waals surface area (Å²) in [5.74, 6) is -1.45. The molecule has 0 bridgehead atoms. The summed E-state index contributed by atoms with van der Waals surface area (Å²) in [5.41, 5.74) is 0.621. The number of carbonyl (C=O) groups is 1. The van der Waals surface area contributed by atoms with Crippen LogP contribution in [0.5, 0.6) is 0 Å². The van der Waals surface area contributed by atoms with Crippen LogP contribution >= 0.6 is 0 Å². The zero-order valence-corrected chi connectivity index (χ0v) is 19.4. The first kappa shape index (κ1) is 24.9. The highest BCUT2D eigenvalue weighted by molar-refractivity contribution is 7.92. The van der Waals surface area contributed by atoms with Crippen LogP contribution in [0.15, 0.2) is 83.8 Å². The lowest BCUT2D eigenvalue weighted by atomic mass is 9.98. The second kappa shape index (κ2) is 9.46. The number of benzene rings is 3. The van der Waals surface area contributed by atoms with Crippen molar-refractivity contribution < 1.29 is 30.8 Å². The van der Waals surface area contributed by atoms with E-state index in [0.717, 1.165) is 31.2 Å². The van der Waals surface area contributed by atoms with Crippen LogP contribution in [0.4, 0.5) is 23.2 Å². The molecule has 1 aromatic heterocycles. The van der Waals surface area contributed by atoms with Crippen LogP contribution < -0.4 is 10.1 Å². The Labute approximate surface area is 203 Å². The van der Waals surface area contributed by atoms with Crippen molar-refractivity contribution in [1.29, 1.82) is 0 Å². The Morgan fingerprint density at radius 1 is 0.889 bits per heavy atom. The number of sulfonamides is 1. The molecule has 0 saturated carbocycles. The fourth-order valence-electron chi connectivity index (χ4n) is 3.51. The fourth-order valence-corrected chi connectivity index (χ4v) is 4.57. The number of anilines is 1. The van der Waals surface area contributed by atoms with Gasteiger partial charge in [-0.2, -0.15) is 23.1 Å². The third-order valence-corrected chi connectivity index (χ3v) is 6.41. The Kier molecular flexibility index (Phi) is 6.55. The molecule has 1 heterocycles. The van der Waals surface area contributed by atoms with E-state index >= 15 is 0 Å². The summed E-state index contributed by atoms with van der Waals surface area (Å²) in [6.07, 6.45) is -4.94. The fraction of sp³-hybridized carbons (Fsp3) is 0.0833. The molecule has 0 fully saturated rings. The third kappa shape index (κ3) is 5.23. The van der Waals surface area contributed by atoms with E-state index in [1.165, 1.54) is 24.3 Å². The summed E-state index contributed by atoms with van der Waals surface area (Å²) < 4.78 is 83.7. The highest BCUT2D eigenvalue weighted by atomic mass is 32.2. The molecule has 3 aromatic carbocycles. The quantitative estimate of drug-likeness (QED) is 0.341. The monoisotopic (exact) mass is 518 g/mol. The van der Waals surface area contributed by atoms with Crippen molar-refractivity contribution in [3.63, 3.8) is 0 Å². The number of hydrogen-bond donors (Lipinski definition) is 2. The van der Waals surface area contributed by atoms with Crippen molar-refractivity contribution in [3.05, 3.63) is 90.4 Å². The standard InChI is InChI=1S/C24H18F4N4O3S/c1-15(33)29-32-23(24(26,27)28)21(16-7-11-18(25)12-8-16)22(30-32)17-9-13-20(14-10-17)36(34,35)31-19-5-3-2-4-6-19/h2-14,31H,1H3,(H,29,33). The Hall–Kier alpha value is -4.19. The molecule has 186 valence electrons. The van der Waals surface area contributed by atoms with Gasteiger partial charge >= 0.3 is 6.18 Å². The van der Waals surface area contributed by atoms with Gasteiger partial charge in [-0.05, 0) is 42.0 Å². The van der Waals surface area contributed by atoms with Gasteiger partial charge in [-0.25, -0.2) is 18.2 Å². The van der Waals surface area contributed by atoms with E-state index in [0.29, 0.717) is 10.5 Å². The number of nitrogens with one attached hydrogen (secondary N) is 2. The SMILES string of the molecule is CC(=O)Nn1nc(-c2ccc(S(=O)(=O)Nc3ccccc3)cc2)c(-c2ccc(F)cc2)c1C(F)(F)F. The molecule has 0 unspecified atom stereocenters. The predicted molar refractivity (Wildman–Crippen MR) is 125 cm³/mol. The predicted octanol–water partition coefficient (Wildman–Crippen LogP) is 5.27. The molecular weight excluding hydrogens is 500 g/mol. The van der Waals surface area contributed by atoms with Gasteiger partial charge in [0.25, 0.3) is 10.0 Å². The Balaban J connectivity index is 1.83. The van der Waals surface area contributed by atoms with E-state index in [4.69, 9.17) is 0 Å². The maximum atomic E-state index is 14.1. The van der Waals surface area contributed by atoms with Crippen LogP contribution in [-0.2, 0) is 21.0 Å². The van der Waals surface area contributed by atoms with Crippen LogP contribution in [0, 0.1) is 5.82 Å². The normalized spacial score (nSPS) is 11.8. The van der Waals surface area contributed by atoms with Gasteiger partial charge in [-0.3, -0.25) is 9.52 Å². The van der Waals surface area contributed by atoms with Gasteiger partial charge in [0, 0.05) is 23.7 Å². The van der Waals surface area contributed by atoms with Gasteiger partial charge in [-0.15, -0.1) is 0 Å². The molecule has 0 spiro atoms. The minimum absolute atomic E-state index is 0.00207. The van der Waals surface area contributed by atoms with Crippen LogP contribution in [0.2, 0.25) is 0 Å². The van der Waals surface area contributed by atoms with Gasteiger partial charge in [0.2, 0.25) is 5.91 Å². The lowest BCUT2D eigenvalue weighted by Gasteiger charge is -2.13. The summed E-state index contributed by atoms with van der Waals surface area (Å²) >= 11 is 0.